The maximum absolute atomic E-state index is 13.2. The van der Waals surface area contributed by atoms with E-state index in [1.54, 1.807) is 36.4 Å². The second-order valence-corrected chi connectivity index (χ2v) is 9.39. The first-order valence-corrected chi connectivity index (χ1v) is 12.6. The minimum absolute atomic E-state index is 0.0520. The summed E-state index contributed by atoms with van der Waals surface area (Å²) in [5.74, 6) is -2.36. The van der Waals surface area contributed by atoms with E-state index in [9.17, 15) is 19.3 Å². The third-order valence-electron chi connectivity index (χ3n) is 5.39. The van der Waals surface area contributed by atoms with Crippen molar-refractivity contribution in [1.82, 2.24) is 5.32 Å². The van der Waals surface area contributed by atoms with Crippen LogP contribution in [0.25, 0.3) is 0 Å². The molecule has 0 bridgehead atoms. The molecule has 0 aliphatic rings. The van der Waals surface area contributed by atoms with Gasteiger partial charge in [-0.1, -0.05) is 91.0 Å². The molecule has 3 aromatic carbocycles. The van der Waals surface area contributed by atoms with Gasteiger partial charge < -0.3 is 20.7 Å². The lowest BCUT2D eigenvalue weighted by atomic mass is 9.99. The van der Waals surface area contributed by atoms with Crippen LogP contribution >= 0.6 is 8.03 Å². The van der Waals surface area contributed by atoms with Crippen molar-refractivity contribution < 1.29 is 23.8 Å². The summed E-state index contributed by atoms with van der Waals surface area (Å²) in [6.45, 7) is 0. The van der Waals surface area contributed by atoms with Crippen molar-refractivity contribution in [3.05, 3.63) is 108 Å². The first-order valence-electron chi connectivity index (χ1n) is 11.0. The van der Waals surface area contributed by atoms with Gasteiger partial charge in [-0.2, -0.15) is 0 Å². The first-order chi connectivity index (χ1) is 16.4. The molecule has 7 nitrogen and oxygen atoms in total. The van der Waals surface area contributed by atoms with Crippen LogP contribution in [0.4, 0.5) is 0 Å². The molecule has 0 heterocycles. The monoisotopic (exact) mass is 480 g/mol. The minimum atomic E-state index is -2.69. The number of hydrogen-bond donors (Lipinski definition) is 3. The SMILES string of the molecule is NC(O[PH](=O)CC(Cc1ccccc1)C(=O)N[C@@H](Cc1ccccc1)C(=O)O)c1ccccc1. The Morgan fingerprint density at radius 2 is 1.35 bits per heavy atom. The highest BCUT2D eigenvalue weighted by Crippen LogP contribution is 2.32. The third-order valence-corrected chi connectivity index (χ3v) is 6.74. The molecule has 0 aliphatic heterocycles. The van der Waals surface area contributed by atoms with Gasteiger partial charge in [-0.3, -0.25) is 9.36 Å². The number of amides is 1. The van der Waals surface area contributed by atoms with Gasteiger partial charge >= 0.3 is 5.97 Å². The van der Waals surface area contributed by atoms with Crippen LogP contribution in [0, 0.1) is 5.92 Å². The molecule has 1 amide bonds. The van der Waals surface area contributed by atoms with Gasteiger partial charge in [-0.05, 0) is 23.1 Å². The summed E-state index contributed by atoms with van der Waals surface area (Å²) < 4.78 is 18.4. The molecule has 0 aromatic heterocycles. The zero-order valence-corrected chi connectivity index (χ0v) is 19.7. The van der Waals surface area contributed by atoms with Crippen LogP contribution in [0.3, 0.4) is 0 Å². The van der Waals surface area contributed by atoms with Gasteiger partial charge in [0.1, 0.15) is 12.3 Å². The van der Waals surface area contributed by atoms with Crippen molar-refractivity contribution in [2.75, 3.05) is 6.16 Å². The van der Waals surface area contributed by atoms with Crippen LogP contribution in [0.1, 0.15) is 22.9 Å². The smallest absolute Gasteiger partial charge is 0.326 e. The van der Waals surface area contributed by atoms with Gasteiger partial charge in [-0.15, -0.1) is 0 Å². The summed E-state index contributed by atoms with van der Waals surface area (Å²) in [7, 11) is -2.69. The summed E-state index contributed by atoms with van der Waals surface area (Å²) in [5.41, 5.74) is 8.38. The highest BCUT2D eigenvalue weighted by Gasteiger charge is 2.28. The fourth-order valence-corrected chi connectivity index (χ4v) is 4.84. The standard InChI is InChI=1S/C26H29N2O5P/c27-24(21-14-8-3-9-15-21)33-34(32)18-22(16-19-10-4-1-5-11-19)25(29)28-23(26(30)31)17-20-12-6-2-7-13-20/h1-15,22-24,34H,16-18,27H2,(H,28,29)(H,30,31)/t22?,23-,24?/m0/s1. The Morgan fingerprint density at radius 3 is 1.88 bits per heavy atom. The van der Waals surface area contributed by atoms with Crippen molar-refractivity contribution in [3.63, 3.8) is 0 Å². The molecule has 0 aliphatic carbocycles. The van der Waals surface area contributed by atoms with E-state index >= 15 is 0 Å². The largest absolute Gasteiger partial charge is 0.480 e. The summed E-state index contributed by atoms with van der Waals surface area (Å²) >= 11 is 0. The van der Waals surface area contributed by atoms with Gasteiger partial charge in [0.2, 0.25) is 5.91 Å². The summed E-state index contributed by atoms with van der Waals surface area (Å²) in [6, 6.07) is 26.3. The lowest BCUT2D eigenvalue weighted by Gasteiger charge is -2.21. The third kappa shape index (κ3) is 7.96. The second kappa shape index (κ2) is 12.8. The fourth-order valence-electron chi connectivity index (χ4n) is 3.60. The molecule has 34 heavy (non-hydrogen) atoms. The van der Waals surface area contributed by atoms with E-state index in [0.29, 0.717) is 12.0 Å². The van der Waals surface area contributed by atoms with Crippen LogP contribution in [-0.4, -0.2) is 29.2 Å². The van der Waals surface area contributed by atoms with E-state index in [-0.39, 0.29) is 12.6 Å². The topological polar surface area (TPSA) is 119 Å². The maximum atomic E-state index is 13.2. The zero-order chi connectivity index (χ0) is 24.3. The number of carboxylic acid groups (broad SMARTS) is 1. The fraction of sp³-hybridized carbons (Fsp3) is 0.231. The highest BCUT2D eigenvalue weighted by molar-refractivity contribution is 7.39. The van der Waals surface area contributed by atoms with E-state index in [4.69, 9.17) is 10.3 Å². The van der Waals surface area contributed by atoms with E-state index in [2.05, 4.69) is 5.32 Å². The Morgan fingerprint density at radius 1 is 0.853 bits per heavy atom. The van der Waals surface area contributed by atoms with Crippen LogP contribution in [0.2, 0.25) is 0 Å². The Kier molecular flexibility index (Phi) is 9.59. The predicted octanol–water partition coefficient (Wildman–Crippen LogP) is 3.81. The second-order valence-electron chi connectivity index (χ2n) is 8.00. The minimum Gasteiger partial charge on any atom is -0.480 e. The number of nitrogens with two attached hydrogens (primary N) is 1. The molecule has 8 heteroatoms. The number of carbonyl (C=O) groups excluding carboxylic acids is 1. The molecule has 0 saturated heterocycles. The van der Waals surface area contributed by atoms with Crippen molar-refractivity contribution in [2.45, 2.75) is 25.1 Å². The number of aliphatic carboxylic acids is 1. The Labute approximate surface area is 199 Å². The number of carbonyl (C=O) groups is 2. The van der Waals surface area contributed by atoms with E-state index in [1.165, 1.54) is 0 Å². The molecular formula is C26H29N2O5P. The van der Waals surface area contributed by atoms with E-state index in [0.717, 1.165) is 11.1 Å². The lowest BCUT2D eigenvalue weighted by molar-refractivity contribution is -0.142. The van der Waals surface area contributed by atoms with Crippen molar-refractivity contribution in [1.29, 1.82) is 0 Å². The quantitative estimate of drug-likeness (QED) is 0.268. The number of hydrogen-bond acceptors (Lipinski definition) is 5. The maximum Gasteiger partial charge on any atom is 0.326 e. The Hall–Kier alpha value is -3.25. The first kappa shape index (κ1) is 25.4. The van der Waals surface area contributed by atoms with E-state index < -0.39 is 38.1 Å². The molecule has 0 radical (unpaired) electrons. The normalized spacial score (nSPS) is 14.5. The lowest BCUT2D eigenvalue weighted by Crippen LogP contribution is -2.46. The molecule has 4 N–H and O–H groups in total. The molecule has 178 valence electrons. The highest BCUT2D eigenvalue weighted by atomic mass is 31.1. The van der Waals surface area contributed by atoms with Gasteiger partial charge in [-0.25, -0.2) is 4.79 Å². The molecule has 0 saturated carbocycles. The average Bonchev–Trinajstić information content (AvgIpc) is 2.85. The summed E-state index contributed by atoms with van der Waals surface area (Å²) in [5, 5.41) is 12.3. The van der Waals surface area contributed by atoms with Crippen molar-refractivity contribution >= 4 is 19.9 Å². The van der Waals surface area contributed by atoms with Gasteiger partial charge in [0.25, 0.3) is 0 Å². The van der Waals surface area contributed by atoms with Crippen LogP contribution in [0.5, 0.6) is 0 Å². The van der Waals surface area contributed by atoms with E-state index in [1.807, 2.05) is 54.6 Å². The number of carboxylic acids is 1. The average molecular weight is 481 g/mol. The Balaban J connectivity index is 1.71. The zero-order valence-electron chi connectivity index (χ0n) is 18.7. The molecule has 3 aromatic rings. The van der Waals surface area contributed by atoms with Gasteiger partial charge in [0.15, 0.2) is 8.03 Å². The summed E-state index contributed by atoms with van der Waals surface area (Å²) in [4.78, 5) is 25.0. The number of nitrogens with one attached hydrogen (secondary N) is 1. The molecule has 0 spiro atoms. The molecule has 0 fully saturated rings. The van der Waals surface area contributed by atoms with Gasteiger partial charge in [0, 0.05) is 12.6 Å². The number of benzene rings is 3. The number of rotatable bonds is 12. The van der Waals surface area contributed by atoms with Crippen molar-refractivity contribution in [2.24, 2.45) is 11.7 Å². The Bertz CT molecular complexity index is 1080. The molecule has 4 atom stereocenters. The van der Waals surface area contributed by atoms with Crippen LogP contribution < -0.4 is 11.1 Å². The van der Waals surface area contributed by atoms with Crippen LogP contribution in [0.15, 0.2) is 91.0 Å². The molecule has 3 unspecified atom stereocenters. The van der Waals surface area contributed by atoms with Crippen LogP contribution in [-0.2, 0) is 31.5 Å². The predicted molar refractivity (Wildman–Crippen MR) is 132 cm³/mol. The van der Waals surface area contributed by atoms with Gasteiger partial charge in [0.05, 0.1) is 5.92 Å². The van der Waals surface area contributed by atoms with Crippen molar-refractivity contribution in [3.8, 4) is 0 Å². The summed E-state index contributed by atoms with van der Waals surface area (Å²) in [6.07, 6.45) is -0.489. The molecular weight excluding hydrogens is 451 g/mol. The molecule has 3 rings (SSSR count).